The van der Waals surface area contributed by atoms with Gasteiger partial charge in [-0.3, -0.25) is 0 Å². The fourth-order valence-corrected chi connectivity index (χ4v) is 1.16. The first-order chi connectivity index (χ1) is 4.47. The maximum atomic E-state index is 4.01. The Morgan fingerprint density at radius 1 is 1.33 bits per heavy atom. The molecule has 0 aliphatic carbocycles. The molecule has 0 amide bonds. The van der Waals surface area contributed by atoms with Crippen LogP contribution in [0.3, 0.4) is 0 Å². The summed E-state index contributed by atoms with van der Waals surface area (Å²) in [5.41, 5.74) is 0.926. The van der Waals surface area contributed by atoms with Crippen molar-refractivity contribution in [1.29, 1.82) is 0 Å². The van der Waals surface area contributed by atoms with Gasteiger partial charge in [0.2, 0.25) is 0 Å². The Morgan fingerprint density at radius 2 is 2.33 bits per heavy atom. The van der Waals surface area contributed by atoms with Gasteiger partial charge in [0.05, 0.1) is 0 Å². The second kappa shape index (κ2) is 1.73. The Kier molecular flexibility index (Phi) is 0.927. The van der Waals surface area contributed by atoms with Gasteiger partial charge in [-0.1, -0.05) is 0 Å². The standard InChI is InChI=1S/C5H3N3S/c1-2-6-5-4(1)7-3-8-9-5/h1-3H. The van der Waals surface area contributed by atoms with E-state index in [0.29, 0.717) is 0 Å². The molecule has 0 aromatic carbocycles. The molecule has 0 spiro atoms. The number of aromatic nitrogens is 3. The van der Waals surface area contributed by atoms with Crippen LogP contribution < -0.4 is 0 Å². The zero-order chi connectivity index (χ0) is 6.10. The van der Waals surface area contributed by atoms with Crippen LogP contribution in [0.5, 0.6) is 0 Å². The molecular weight excluding hydrogens is 134 g/mol. The first-order valence-corrected chi connectivity index (χ1v) is 3.25. The quantitative estimate of drug-likeness (QED) is 0.544. The fraction of sp³-hybridized carbons (Fsp3) is 0. The summed E-state index contributed by atoms with van der Waals surface area (Å²) >= 11 is 1.36. The Labute approximate surface area is 55.9 Å². The van der Waals surface area contributed by atoms with E-state index in [2.05, 4.69) is 14.3 Å². The summed E-state index contributed by atoms with van der Waals surface area (Å²) in [6.07, 6.45) is 3.27. The summed E-state index contributed by atoms with van der Waals surface area (Å²) in [5, 5.41) is 0.900. The zero-order valence-electron chi connectivity index (χ0n) is 4.48. The van der Waals surface area contributed by atoms with Crippen LogP contribution in [-0.4, -0.2) is 14.3 Å². The van der Waals surface area contributed by atoms with Crippen molar-refractivity contribution in [2.45, 2.75) is 0 Å². The summed E-state index contributed by atoms with van der Waals surface area (Å²) in [6.45, 7) is 0. The second-order valence-electron chi connectivity index (χ2n) is 1.58. The van der Waals surface area contributed by atoms with E-state index < -0.39 is 0 Å². The minimum Gasteiger partial charge on any atom is -0.242 e. The minimum absolute atomic E-state index is 0.900. The second-order valence-corrected chi connectivity index (χ2v) is 2.36. The molecule has 0 aromatic rings. The van der Waals surface area contributed by atoms with Crippen molar-refractivity contribution in [3.8, 4) is 10.7 Å². The lowest BCUT2D eigenvalue weighted by Gasteiger charge is -1.87. The molecule has 0 radical (unpaired) electrons. The molecule has 2 aliphatic rings. The molecule has 2 rings (SSSR count). The van der Waals surface area contributed by atoms with E-state index in [4.69, 9.17) is 0 Å². The van der Waals surface area contributed by atoms with Gasteiger partial charge in [0.1, 0.15) is 12.0 Å². The summed E-state index contributed by atoms with van der Waals surface area (Å²) in [6, 6.07) is 1.87. The minimum atomic E-state index is 0.900. The van der Waals surface area contributed by atoms with Crippen LogP contribution in [0.25, 0.3) is 10.7 Å². The molecule has 3 nitrogen and oxygen atoms in total. The third kappa shape index (κ3) is 0.675. The van der Waals surface area contributed by atoms with E-state index in [0.717, 1.165) is 10.7 Å². The summed E-state index contributed by atoms with van der Waals surface area (Å²) in [5.74, 6) is 0. The Hall–Kier alpha value is -1.03. The average molecular weight is 137 g/mol. The van der Waals surface area contributed by atoms with E-state index in [9.17, 15) is 0 Å². The monoisotopic (exact) mass is 137 g/mol. The largest absolute Gasteiger partial charge is 0.242 e. The lowest BCUT2D eigenvalue weighted by Crippen LogP contribution is -1.77. The molecule has 0 saturated heterocycles. The number of nitrogens with zero attached hydrogens (tertiary/aromatic N) is 3. The molecular formula is C5H3N3S. The molecule has 0 atom stereocenters. The first kappa shape index (κ1) is 4.81. The molecule has 0 N–H and O–H groups in total. The molecule has 9 heavy (non-hydrogen) atoms. The van der Waals surface area contributed by atoms with Gasteiger partial charge in [0.15, 0.2) is 5.01 Å². The van der Waals surface area contributed by atoms with Crippen LogP contribution in [0.1, 0.15) is 0 Å². The highest BCUT2D eigenvalue weighted by Crippen LogP contribution is 2.17. The van der Waals surface area contributed by atoms with E-state index in [1.54, 1.807) is 6.20 Å². The van der Waals surface area contributed by atoms with E-state index in [-0.39, 0.29) is 0 Å². The van der Waals surface area contributed by atoms with E-state index >= 15 is 0 Å². The third-order valence-electron chi connectivity index (χ3n) is 1.03. The predicted octanol–water partition coefficient (Wildman–Crippen LogP) is 1.04. The average Bonchev–Trinajstić information content (AvgIpc) is 2.33. The molecule has 44 valence electrons. The summed E-state index contributed by atoms with van der Waals surface area (Å²) in [4.78, 5) is 7.99. The summed E-state index contributed by atoms with van der Waals surface area (Å²) < 4.78 is 3.85. The molecule has 0 saturated carbocycles. The third-order valence-corrected chi connectivity index (χ3v) is 1.71. The van der Waals surface area contributed by atoms with Crippen LogP contribution >= 0.6 is 11.5 Å². The smallest absolute Gasteiger partial charge is 0.160 e. The molecule has 2 aliphatic heterocycles. The van der Waals surface area contributed by atoms with Gasteiger partial charge in [-0.25, -0.2) is 9.97 Å². The SMILES string of the molecule is c1nsc2nccc-2n1. The van der Waals surface area contributed by atoms with Gasteiger partial charge >= 0.3 is 0 Å². The van der Waals surface area contributed by atoms with E-state index in [1.807, 2.05) is 6.07 Å². The maximum Gasteiger partial charge on any atom is 0.160 e. The van der Waals surface area contributed by atoms with E-state index in [1.165, 1.54) is 17.9 Å². The zero-order valence-corrected chi connectivity index (χ0v) is 5.30. The van der Waals surface area contributed by atoms with Crippen molar-refractivity contribution < 1.29 is 0 Å². The highest BCUT2D eigenvalue weighted by molar-refractivity contribution is 7.08. The fourth-order valence-electron chi connectivity index (χ4n) is 0.641. The van der Waals surface area contributed by atoms with Crippen molar-refractivity contribution >= 4 is 11.5 Å². The molecule has 0 fully saturated rings. The van der Waals surface area contributed by atoms with Gasteiger partial charge in [-0.15, -0.1) is 0 Å². The Balaban J connectivity index is 2.79. The highest BCUT2D eigenvalue weighted by atomic mass is 32.1. The van der Waals surface area contributed by atoms with Crippen molar-refractivity contribution in [3.63, 3.8) is 0 Å². The highest BCUT2D eigenvalue weighted by Gasteiger charge is 2.02. The lowest BCUT2D eigenvalue weighted by atomic mass is 10.5. The van der Waals surface area contributed by atoms with Crippen molar-refractivity contribution in [2.75, 3.05) is 0 Å². The van der Waals surface area contributed by atoms with Gasteiger partial charge in [-0.2, -0.15) is 4.37 Å². The van der Waals surface area contributed by atoms with Gasteiger partial charge in [0, 0.05) is 6.20 Å². The molecule has 2 heterocycles. The van der Waals surface area contributed by atoms with Crippen molar-refractivity contribution in [2.24, 2.45) is 0 Å². The van der Waals surface area contributed by atoms with Crippen LogP contribution in [0.4, 0.5) is 0 Å². The topological polar surface area (TPSA) is 38.7 Å². The van der Waals surface area contributed by atoms with Crippen LogP contribution in [0, 0.1) is 0 Å². The maximum absolute atomic E-state index is 4.01. The molecule has 0 aromatic heterocycles. The predicted molar refractivity (Wildman–Crippen MR) is 34.3 cm³/mol. The Bertz CT molecular complexity index is 252. The molecule has 0 unspecified atom stereocenters. The van der Waals surface area contributed by atoms with Crippen LogP contribution in [-0.2, 0) is 0 Å². The number of fused-ring (bicyclic) bond motifs is 1. The first-order valence-electron chi connectivity index (χ1n) is 2.48. The lowest BCUT2D eigenvalue weighted by molar-refractivity contribution is 1.26. The van der Waals surface area contributed by atoms with Crippen LogP contribution in [0.15, 0.2) is 18.6 Å². The van der Waals surface area contributed by atoms with Crippen molar-refractivity contribution in [3.05, 3.63) is 18.6 Å². The Morgan fingerprint density at radius 3 is 3.22 bits per heavy atom. The number of hydrogen-bond donors (Lipinski definition) is 0. The van der Waals surface area contributed by atoms with Gasteiger partial charge < -0.3 is 0 Å². The van der Waals surface area contributed by atoms with Crippen molar-refractivity contribution in [1.82, 2.24) is 14.3 Å². The molecule has 0 bridgehead atoms. The number of hydrogen-bond acceptors (Lipinski definition) is 4. The number of rotatable bonds is 0. The van der Waals surface area contributed by atoms with Gasteiger partial charge in [-0.05, 0) is 17.6 Å². The normalized spacial score (nSPS) is 10.2. The van der Waals surface area contributed by atoms with Gasteiger partial charge in [0.25, 0.3) is 0 Å². The molecule has 4 heteroatoms. The summed E-state index contributed by atoms with van der Waals surface area (Å²) in [7, 11) is 0. The van der Waals surface area contributed by atoms with Crippen LogP contribution in [0.2, 0.25) is 0 Å².